The Labute approximate surface area is 83.2 Å². The molecule has 2 heterocycles. The zero-order valence-corrected chi connectivity index (χ0v) is 8.47. The SMILES string of the molecule is COCO[C@H]1COC2C1OC[C@@H]2OC. The van der Waals surface area contributed by atoms with E-state index in [1.165, 1.54) is 0 Å². The van der Waals surface area contributed by atoms with Crippen molar-refractivity contribution in [2.75, 3.05) is 34.2 Å². The summed E-state index contributed by atoms with van der Waals surface area (Å²) in [6.45, 7) is 1.41. The lowest BCUT2D eigenvalue weighted by Gasteiger charge is -2.15. The van der Waals surface area contributed by atoms with Crippen LogP contribution < -0.4 is 0 Å². The summed E-state index contributed by atoms with van der Waals surface area (Å²) in [6, 6.07) is 0. The first-order valence-corrected chi connectivity index (χ1v) is 4.73. The fraction of sp³-hybridized carbons (Fsp3) is 1.00. The van der Waals surface area contributed by atoms with Gasteiger partial charge in [0.2, 0.25) is 0 Å². The molecule has 5 heteroatoms. The van der Waals surface area contributed by atoms with E-state index in [2.05, 4.69) is 0 Å². The van der Waals surface area contributed by atoms with E-state index in [9.17, 15) is 0 Å². The molecule has 5 nitrogen and oxygen atoms in total. The summed E-state index contributed by atoms with van der Waals surface area (Å²) in [5, 5.41) is 0. The number of fused-ring (bicyclic) bond motifs is 1. The van der Waals surface area contributed by atoms with Gasteiger partial charge in [-0.15, -0.1) is 0 Å². The predicted octanol–water partition coefficient (Wildman–Crippen LogP) is -0.212. The molecule has 0 aliphatic carbocycles. The second kappa shape index (κ2) is 4.55. The van der Waals surface area contributed by atoms with Gasteiger partial charge < -0.3 is 23.7 Å². The van der Waals surface area contributed by atoms with E-state index >= 15 is 0 Å². The molecule has 0 saturated carbocycles. The quantitative estimate of drug-likeness (QED) is 0.593. The van der Waals surface area contributed by atoms with Gasteiger partial charge in [-0.1, -0.05) is 0 Å². The normalized spacial score (nSPS) is 41.6. The molecule has 2 unspecified atom stereocenters. The second-order valence-electron chi connectivity index (χ2n) is 3.48. The van der Waals surface area contributed by atoms with Crippen LogP contribution in [0.2, 0.25) is 0 Å². The van der Waals surface area contributed by atoms with Gasteiger partial charge in [0.25, 0.3) is 0 Å². The summed E-state index contributed by atoms with van der Waals surface area (Å²) >= 11 is 0. The van der Waals surface area contributed by atoms with Gasteiger partial charge in [0.15, 0.2) is 0 Å². The lowest BCUT2D eigenvalue weighted by Crippen LogP contribution is -2.33. The third-order valence-electron chi connectivity index (χ3n) is 2.67. The number of ether oxygens (including phenoxy) is 5. The van der Waals surface area contributed by atoms with Crippen molar-refractivity contribution in [2.24, 2.45) is 0 Å². The van der Waals surface area contributed by atoms with Crippen molar-refractivity contribution in [1.82, 2.24) is 0 Å². The third-order valence-corrected chi connectivity index (χ3v) is 2.67. The first-order chi connectivity index (χ1) is 6.86. The minimum atomic E-state index is -0.0277. The first-order valence-electron chi connectivity index (χ1n) is 4.73. The average Bonchev–Trinajstić information content (AvgIpc) is 2.75. The second-order valence-corrected chi connectivity index (χ2v) is 3.48. The van der Waals surface area contributed by atoms with Gasteiger partial charge in [-0.25, -0.2) is 0 Å². The van der Waals surface area contributed by atoms with Crippen molar-refractivity contribution in [2.45, 2.75) is 24.4 Å². The smallest absolute Gasteiger partial charge is 0.146 e. The van der Waals surface area contributed by atoms with Gasteiger partial charge in [0, 0.05) is 14.2 Å². The molecule has 82 valence electrons. The molecule has 2 fully saturated rings. The number of hydrogen-bond acceptors (Lipinski definition) is 5. The van der Waals surface area contributed by atoms with Crippen LogP contribution in [0.1, 0.15) is 0 Å². The van der Waals surface area contributed by atoms with E-state index in [4.69, 9.17) is 23.7 Å². The molecule has 2 rings (SSSR count). The highest BCUT2D eigenvalue weighted by Crippen LogP contribution is 2.29. The van der Waals surface area contributed by atoms with E-state index in [1.54, 1.807) is 14.2 Å². The summed E-state index contributed by atoms with van der Waals surface area (Å²) in [5.74, 6) is 0. The fourth-order valence-corrected chi connectivity index (χ4v) is 1.93. The maximum atomic E-state index is 5.56. The van der Waals surface area contributed by atoms with Crippen LogP contribution in [0.4, 0.5) is 0 Å². The molecule has 0 amide bonds. The van der Waals surface area contributed by atoms with Crippen molar-refractivity contribution in [1.29, 1.82) is 0 Å². The van der Waals surface area contributed by atoms with Crippen LogP contribution in [0.25, 0.3) is 0 Å². The van der Waals surface area contributed by atoms with E-state index in [-0.39, 0.29) is 31.2 Å². The van der Waals surface area contributed by atoms with Crippen LogP contribution >= 0.6 is 0 Å². The van der Waals surface area contributed by atoms with Crippen molar-refractivity contribution in [3.8, 4) is 0 Å². The van der Waals surface area contributed by atoms with E-state index < -0.39 is 0 Å². The minimum Gasteiger partial charge on any atom is -0.376 e. The fourth-order valence-electron chi connectivity index (χ4n) is 1.93. The molecule has 14 heavy (non-hydrogen) atoms. The summed E-state index contributed by atoms with van der Waals surface area (Å²) in [6.07, 6.45) is 0.0215. The standard InChI is InChI=1S/C9H16O5/c1-10-5-14-7-4-13-8-6(11-2)3-12-9(7)8/h6-9H,3-5H2,1-2H3/t6-,7-,8?,9?/m0/s1. The maximum absolute atomic E-state index is 5.56. The Kier molecular flexibility index (Phi) is 3.35. The minimum absolute atomic E-state index is 0.00454. The molecule has 0 N–H and O–H groups in total. The number of rotatable bonds is 4. The van der Waals surface area contributed by atoms with Gasteiger partial charge in [-0.2, -0.15) is 0 Å². The average molecular weight is 204 g/mol. The topological polar surface area (TPSA) is 46.2 Å². The monoisotopic (exact) mass is 204 g/mol. The number of methoxy groups -OCH3 is 2. The molecule has 0 aromatic carbocycles. The Morgan fingerprint density at radius 1 is 1.07 bits per heavy atom. The first kappa shape index (κ1) is 10.3. The van der Waals surface area contributed by atoms with Gasteiger partial charge in [0.05, 0.1) is 13.2 Å². The lowest BCUT2D eigenvalue weighted by molar-refractivity contribution is -0.107. The van der Waals surface area contributed by atoms with Crippen LogP contribution in [-0.4, -0.2) is 58.6 Å². The molecule has 0 bridgehead atoms. The molecule has 0 spiro atoms. The molecular formula is C9H16O5. The van der Waals surface area contributed by atoms with Crippen LogP contribution in [0.3, 0.4) is 0 Å². The largest absolute Gasteiger partial charge is 0.376 e. The molecular weight excluding hydrogens is 188 g/mol. The summed E-state index contributed by atoms with van der Waals surface area (Å²) in [7, 11) is 3.27. The van der Waals surface area contributed by atoms with Crippen molar-refractivity contribution in [3.05, 3.63) is 0 Å². The number of hydrogen-bond donors (Lipinski definition) is 0. The Balaban J connectivity index is 1.87. The van der Waals surface area contributed by atoms with Gasteiger partial charge >= 0.3 is 0 Å². The van der Waals surface area contributed by atoms with Gasteiger partial charge in [-0.05, 0) is 0 Å². The maximum Gasteiger partial charge on any atom is 0.146 e. The highest BCUT2D eigenvalue weighted by molar-refractivity contribution is 4.95. The van der Waals surface area contributed by atoms with E-state index in [1.807, 2.05) is 0 Å². The van der Waals surface area contributed by atoms with Crippen LogP contribution in [0, 0.1) is 0 Å². The van der Waals surface area contributed by atoms with E-state index in [0.29, 0.717) is 13.2 Å². The van der Waals surface area contributed by atoms with Crippen molar-refractivity contribution < 1.29 is 23.7 Å². The van der Waals surface area contributed by atoms with Crippen LogP contribution in [0.5, 0.6) is 0 Å². The summed E-state index contributed by atoms with van der Waals surface area (Å²) < 4.78 is 26.6. The summed E-state index contributed by atoms with van der Waals surface area (Å²) in [4.78, 5) is 0. The molecule has 2 saturated heterocycles. The highest BCUT2D eigenvalue weighted by Gasteiger charge is 2.48. The van der Waals surface area contributed by atoms with Crippen LogP contribution in [0.15, 0.2) is 0 Å². The predicted molar refractivity (Wildman–Crippen MR) is 47.0 cm³/mol. The molecule has 0 aromatic heterocycles. The van der Waals surface area contributed by atoms with Crippen molar-refractivity contribution in [3.63, 3.8) is 0 Å². The Morgan fingerprint density at radius 3 is 2.36 bits per heavy atom. The Bertz CT molecular complexity index is 186. The molecule has 2 aliphatic heterocycles. The summed E-state index contributed by atoms with van der Waals surface area (Å²) in [5.41, 5.74) is 0. The molecule has 0 radical (unpaired) electrons. The third kappa shape index (κ3) is 1.78. The van der Waals surface area contributed by atoms with E-state index in [0.717, 1.165) is 0 Å². The zero-order chi connectivity index (χ0) is 9.97. The van der Waals surface area contributed by atoms with Gasteiger partial charge in [0.1, 0.15) is 31.2 Å². The molecule has 0 aromatic rings. The molecule has 4 atom stereocenters. The lowest BCUT2D eigenvalue weighted by atomic mass is 10.1. The highest BCUT2D eigenvalue weighted by atomic mass is 16.7. The van der Waals surface area contributed by atoms with Gasteiger partial charge in [-0.3, -0.25) is 0 Å². The van der Waals surface area contributed by atoms with Crippen molar-refractivity contribution >= 4 is 0 Å². The molecule has 2 aliphatic rings. The zero-order valence-electron chi connectivity index (χ0n) is 8.47. The Hall–Kier alpha value is -0.200. The Morgan fingerprint density at radius 2 is 1.71 bits per heavy atom. The van der Waals surface area contributed by atoms with Crippen LogP contribution in [-0.2, 0) is 23.7 Å².